The Morgan fingerprint density at radius 3 is 2.74 bits per heavy atom. The fourth-order valence-electron chi connectivity index (χ4n) is 1.86. The van der Waals surface area contributed by atoms with Crippen LogP contribution in [0.1, 0.15) is 24.6 Å². The highest BCUT2D eigenvalue weighted by atomic mass is 32.1. The zero-order valence-corrected chi connectivity index (χ0v) is 11.9. The van der Waals surface area contributed by atoms with Crippen molar-refractivity contribution < 1.29 is 9.53 Å². The number of hydrogen-bond acceptors (Lipinski definition) is 3. The summed E-state index contributed by atoms with van der Waals surface area (Å²) in [5.74, 6) is -0.131. The van der Waals surface area contributed by atoms with Gasteiger partial charge < -0.3 is 4.74 Å². The fraction of sp³-hybridized carbons (Fsp3) is 0.312. The maximum absolute atomic E-state index is 11.8. The van der Waals surface area contributed by atoms with E-state index >= 15 is 0 Å². The van der Waals surface area contributed by atoms with E-state index in [1.54, 1.807) is 11.3 Å². The molecule has 100 valence electrons. The van der Waals surface area contributed by atoms with E-state index in [9.17, 15) is 4.79 Å². The van der Waals surface area contributed by atoms with E-state index in [1.807, 2.05) is 23.6 Å². The van der Waals surface area contributed by atoms with Gasteiger partial charge in [0.2, 0.25) is 0 Å². The highest BCUT2D eigenvalue weighted by molar-refractivity contribution is 7.10. The molecule has 0 fully saturated rings. The summed E-state index contributed by atoms with van der Waals surface area (Å²) in [5.41, 5.74) is 2.29. The molecule has 0 atom stereocenters. The van der Waals surface area contributed by atoms with Crippen LogP contribution in [0.3, 0.4) is 0 Å². The van der Waals surface area contributed by atoms with Crippen LogP contribution in [-0.4, -0.2) is 12.6 Å². The summed E-state index contributed by atoms with van der Waals surface area (Å²) in [5, 5.41) is 2.02. The Labute approximate surface area is 118 Å². The van der Waals surface area contributed by atoms with Crippen molar-refractivity contribution in [2.75, 3.05) is 6.61 Å². The molecule has 0 saturated carbocycles. The first kappa shape index (κ1) is 13.8. The molecule has 2 aromatic rings. The molecule has 0 unspecified atom stereocenters. The summed E-state index contributed by atoms with van der Waals surface area (Å²) in [4.78, 5) is 12.8. The van der Waals surface area contributed by atoms with Gasteiger partial charge in [0.1, 0.15) is 0 Å². The summed E-state index contributed by atoms with van der Waals surface area (Å²) in [6.07, 6.45) is 2.34. The summed E-state index contributed by atoms with van der Waals surface area (Å²) < 4.78 is 5.21. The molecule has 0 aliphatic rings. The van der Waals surface area contributed by atoms with Crippen LogP contribution in [0, 0.1) is 0 Å². The van der Waals surface area contributed by atoms with Crippen molar-refractivity contribution in [2.45, 2.75) is 26.2 Å². The van der Waals surface area contributed by atoms with Gasteiger partial charge in [0.25, 0.3) is 0 Å². The molecule has 1 heterocycles. The third kappa shape index (κ3) is 3.93. The van der Waals surface area contributed by atoms with Crippen molar-refractivity contribution in [2.24, 2.45) is 0 Å². The van der Waals surface area contributed by atoms with Crippen molar-refractivity contribution in [1.82, 2.24) is 0 Å². The molecule has 2 rings (SSSR count). The first-order chi connectivity index (χ1) is 9.31. The van der Waals surface area contributed by atoms with Crippen molar-refractivity contribution in [3.8, 4) is 11.1 Å². The topological polar surface area (TPSA) is 26.3 Å². The van der Waals surface area contributed by atoms with E-state index in [0.717, 1.165) is 28.8 Å². The molecule has 0 bridgehead atoms. The summed E-state index contributed by atoms with van der Waals surface area (Å²) in [7, 11) is 0. The van der Waals surface area contributed by atoms with Gasteiger partial charge in [0.05, 0.1) is 13.0 Å². The lowest BCUT2D eigenvalue weighted by Crippen LogP contribution is -2.08. The second kappa shape index (κ2) is 7.10. The lowest BCUT2D eigenvalue weighted by atomic mass is 10.1. The molecule has 1 aromatic carbocycles. The Hall–Kier alpha value is -1.61. The Bertz CT molecular complexity index is 517. The number of benzene rings is 1. The van der Waals surface area contributed by atoms with Crippen molar-refractivity contribution in [1.29, 1.82) is 0 Å². The summed E-state index contributed by atoms with van der Waals surface area (Å²) in [6.45, 7) is 2.61. The van der Waals surface area contributed by atoms with Crippen LogP contribution in [0.2, 0.25) is 0 Å². The smallest absolute Gasteiger partial charge is 0.311 e. The molecule has 0 aliphatic carbocycles. The van der Waals surface area contributed by atoms with E-state index in [2.05, 4.69) is 25.1 Å². The van der Waals surface area contributed by atoms with Gasteiger partial charge >= 0.3 is 5.97 Å². The number of hydrogen-bond donors (Lipinski definition) is 0. The third-order valence-corrected chi connectivity index (χ3v) is 3.82. The molecule has 0 N–H and O–H groups in total. The van der Waals surface area contributed by atoms with Crippen LogP contribution in [-0.2, 0) is 16.0 Å². The van der Waals surface area contributed by atoms with Crippen LogP contribution in [0.25, 0.3) is 11.1 Å². The molecule has 19 heavy (non-hydrogen) atoms. The Morgan fingerprint density at radius 1 is 1.21 bits per heavy atom. The van der Waals surface area contributed by atoms with Gasteiger partial charge in [-0.2, -0.15) is 0 Å². The number of rotatable bonds is 6. The number of carbonyl (C=O) groups is 1. The molecule has 1 aromatic heterocycles. The number of ether oxygens (including phenoxy) is 1. The number of esters is 1. The fourth-order valence-corrected chi connectivity index (χ4v) is 2.75. The first-order valence-corrected chi connectivity index (χ1v) is 7.46. The minimum Gasteiger partial charge on any atom is -0.465 e. The average Bonchev–Trinajstić information content (AvgIpc) is 2.88. The Kier molecular flexibility index (Phi) is 5.16. The molecular weight excluding hydrogens is 256 g/mol. The highest BCUT2D eigenvalue weighted by Gasteiger charge is 2.11. The SMILES string of the molecule is CCCCOC(=O)Cc1sccc1-c1ccccc1. The predicted molar refractivity (Wildman–Crippen MR) is 79.3 cm³/mol. The lowest BCUT2D eigenvalue weighted by molar-refractivity contribution is -0.142. The monoisotopic (exact) mass is 274 g/mol. The molecule has 3 heteroatoms. The van der Waals surface area contributed by atoms with Gasteiger partial charge in [-0.05, 0) is 29.0 Å². The van der Waals surface area contributed by atoms with E-state index in [-0.39, 0.29) is 5.97 Å². The first-order valence-electron chi connectivity index (χ1n) is 6.58. The second-order valence-corrected chi connectivity index (χ2v) is 5.37. The zero-order valence-electron chi connectivity index (χ0n) is 11.1. The minimum atomic E-state index is -0.131. The van der Waals surface area contributed by atoms with Crippen molar-refractivity contribution >= 4 is 17.3 Å². The Morgan fingerprint density at radius 2 is 2.00 bits per heavy atom. The number of unbranched alkanes of at least 4 members (excludes halogenated alkanes) is 1. The third-order valence-electron chi connectivity index (χ3n) is 2.90. The largest absolute Gasteiger partial charge is 0.465 e. The van der Waals surface area contributed by atoms with Crippen molar-refractivity contribution in [3.05, 3.63) is 46.7 Å². The second-order valence-electron chi connectivity index (χ2n) is 4.37. The van der Waals surface area contributed by atoms with Gasteiger partial charge in [-0.1, -0.05) is 43.7 Å². The average molecular weight is 274 g/mol. The predicted octanol–water partition coefficient (Wildman–Crippen LogP) is 4.30. The molecule has 2 nitrogen and oxygen atoms in total. The van der Waals surface area contributed by atoms with Gasteiger partial charge in [0, 0.05) is 4.88 Å². The number of carbonyl (C=O) groups excluding carboxylic acids is 1. The molecule has 0 spiro atoms. The van der Waals surface area contributed by atoms with Crippen LogP contribution >= 0.6 is 11.3 Å². The minimum absolute atomic E-state index is 0.131. The van der Waals surface area contributed by atoms with Crippen LogP contribution in [0.5, 0.6) is 0 Å². The molecule has 0 radical (unpaired) electrons. The van der Waals surface area contributed by atoms with E-state index in [0.29, 0.717) is 13.0 Å². The van der Waals surface area contributed by atoms with Gasteiger partial charge in [-0.3, -0.25) is 4.79 Å². The molecular formula is C16H18O2S. The van der Waals surface area contributed by atoms with Crippen LogP contribution < -0.4 is 0 Å². The van der Waals surface area contributed by atoms with Crippen LogP contribution in [0.4, 0.5) is 0 Å². The normalized spacial score (nSPS) is 10.4. The molecule has 0 aliphatic heterocycles. The van der Waals surface area contributed by atoms with Crippen molar-refractivity contribution in [3.63, 3.8) is 0 Å². The molecule has 0 saturated heterocycles. The lowest BCUT2D eigenvalue weighted by Gasteiger charge is -2.05. The summed E-state index contributed by atoms with van der Waals surface area (Å²) in [6, 6.07) is 12.2. The van der Waals surface area contributed by atoms with E-state index in [4.69, 9.17) is 4.74 Å². The van der Waals surface area contributed by atoms with E-state index in [1.165, 1.54) is 0 Å². The standard InChI is InChI=1S/C16H18O2S/c1-2-3-10-18-16(17)12-15-14(9-11-19-15)13-7-5-4-6-8-13/h4-9,11H,2-3,10,12H2,1H3. The Balaban J connectivity index is 2.02. The number of thiophene rings is 1. The zero-order chi connectivity index (χ0) is 13.5. The van der Waals surface area contributed by atoms with Gasteiger partial charge in [0.15, 0.2) is 0 Å². The van der Waals surface area contributed by atoms with E-state index < -0.39 is 0 Å². The van der Waals surface area contributed by atoms with Gasteiger partial charge in [-0.15, -0.1) is 11.3 Å². The maximum atomic E-state index is 11.8. The maximum Gasteiger partial charge on any atom is 0.311 e. The quantitative estimate of drug-likeness (QED) is 0.580. The van der Waals surface area contributed by atoms with Crippen LogP contribution in [0.15, 0.2) is 41.8 Å². The van der Waals surface area contributed by atoms with Gasteiger partial charge in [-0.25, -0.2) is 0 Å². The summed E-state index contributed by atoms with van der Waals surface area (Å²) >= 11 is 1.61. The highest BCUT2D eigenvalue weighted by Crippen LogP contribution is 2.28. The molecule has 0 amide bonds.